The van der Waals surface area contributed by atoms with Crippen molar-refractivity contribution >= 4 is 27.5 Å². The van der Waals surface area contributed by atoms with Crippen molar-refractivity contribution in [1.82, 2.24) is 15.5 Å². The third-order valence-corrected chi connectivity index (χ3v) is 3.51. The topological polar surface area (TPSA) is 51.0 Å². The Balaban J connectivity index is 2.05. The number of hydrogen-bond donors (Lipinski definition) is 1. The summed E-state index contributed by atoms with van der Waals surface area (Å²) in [5.74, 6) is 1.12. The van der Waals surface area contributed by atoms with E-state index in [4.69, 9.17) is 16.0 Å². The van der Waals surface area contributed by atoms with Crippen molar-refractivity contribution in [3.63, 3.8) is 0 Å². The molecule has 0 aliphatic rings. The molecular weight excluding hydrogens is 342 g/mol. The summed E-state index contributed by atoms with van der Waals surface area (Å²) in [6, 6.07) is 5.46. The summed E-state index contributed by atoms with van der Waals surface area (Å²) in [6.45, 7) is 7.16. The van der Waals surface area contributed by atoms with Gasteiger partial charge in [0, 0.05) is 28.0 Å². The summed E-state index contributed by atoms with van der Waals surface area (Å²) < 4.78 is 6.51. The van der Waals surface area contributed by atoms with Crippen LogP contribution >= 0.6 is 27.5 Å². The number of nitrogens with zero attached hydrogens (tertiary/aromatic N) is 2. The van der Waals surface area contributed by atoms with Gasteiger partial charge in [-0.2, -0.15) is 0 Å². The van der Waals surface area contributed by atoms with E-state index in [-0.39, 0.29) is 5.54 Å². The maximum atomic E-state index is 5.92. The Morgan fingerprint density at radius 3 is 2.70 bits per heavy atom. The minimum atomic E-state index is 0.0854. The van der Waals surface area contributed by atoms with E-state index in [0.29, 0.717) is 23.2 Å². The fraction of sp³-hybridized carbons (Fsp3) is 0.429. The number of nitrogens with one attached hydrogen (secondary N) is 1. The highest BCUT2D eigenvalue weighted by molar-refractivity contribution is 9.10. The molecule has 108 valence electrons. The van der Waals surface area contributed by atoms with Crippen LogP contribution in [0.15, 0.2) is 27.1 Å². The van der Waals surface area contributed by atoms with Crippen LogP contribution in [0.25, 0.3) is 11.5 Å². The van der Waals surface area contributed by atoms with Crippen molar-refractivity contribution in [2.24, 2.45) is 0 Å². The molecule has 4 nitrogen and oxygen atoms in total. The molecule has 2 aromatic rings. The minimum Gasteiger partial charge on any atom is -0.421 e. The lowest BCUT2D eigenvalue weighted by atomic mass is 10.1. The third-order valence-electron chi connectivity index (χ3n) is 2.62. The van der Waals surface area contributed by atoms with Gasteiger partial charge in [0.1, 0.15) is 0 Å². The zero-order valence-corrected chi connectivity index (χ0v) is 14.0. The van der Waals surface area contributed by atoms with Crippen molar-refractivity contribution in [2.75, 3.05) is 6.54 Å². The SMILES string of the molecule is CC(C)(C)NCCc1nnc(-c2ccc(Cl)cc2Br)o1. The van der Waals surface area contributed by atoms with Gasteiger partial charge in [0.15, 0.2) is 0 Å². The number of aromatic nitrogens is 2. The first-order chi connectivity index (χ1) is 9.35. The molecule has 1 heterocycles. The minimum absolute atomic E-state index is 0.0854. The van der Waals surface area contributed by atoms with E-state index in [1.807, 2.05) is 12.1 Å². The molecule has 0 unspecified atom stereocenters. The van der Waals surface area contributed by atoms with Crippen LogP contribution < -0.4 is 5.32 Å². The van der Waals surface area contributed by atoms with Gasteiger partial charge in [-0.3, -0.25) is 0 Å². The number of rotatable bonds is 4. The summed E-state index contributed by atoms with van der Waals surface area (Å²) in [4.78, 5) is 0. The largest absolute Gasteiger partial charge is 0.421 e. The normalized spacial score (nSPS) is 11.8. The maximum absolute atomic E-state index is 5.92. The van der Waals surface area contributed by atoms with Crippen molar-refractivity contribution in [1.29, 1.82) is 0 Å². The third kappa shape index (κ3) is 4.30. The number of benzene rings is 1. The second kappa shape index (κ2) is 6.24. The van der Waals surface area contributed by atoms with Crippen LogP contribution in [0.4, 0.5) is 0 Å². The Kier molecular flexibility index (Phi) is 4.83. The molecule has 2 rings (SSSR count). The molecule has 6 heteroatoms. The second-order valence-corrected chi connectivity index (χ2v) is 6.84. The Hall–Kier alpha value is -0.910. The van der Waals surface area contributed by atoms with Crippen molar-refractivity contribution in [3.05, 3.63) is 33.6 Å². The fourth-order valence-electron chi connectivity index (χ4n) is 1.67. The molecule has 0 bridgehead atoms. The van der Waals surface area contributed by atoms with E-state index >= 15 is 0 Å². The van der Waals surface area contributed by atoms with Gasteiger partial charge in [-0.1, -0.05) is 11.6 Å². The van der Waals surface area contributed by atoms with Crippen LogP contribution in [-0.4, -0.2) is 22.3 Å². The zero-order valence-electron chi connectivity index (χ0n) is 11.7. The predicted molar refractivity (Wildman–Crippen MR) is 83.9 cm³/mol. The van der Waals surface area contributed by atoms with Gasteiger partial charge in [0.05, 0.1) is 5.56 Å². The van der Waals surface area contributed by atoms with E-state index in [2.05, 4.69) is 52.2 Å². The lowest BCUT2D eigenvalue weighted by Crippen LogP contribution is -2.37. The summed E-state index contributed by atoms with van der Waals surface area (Å²) in [5.41, 5.74) is 0.930. The molecule has 0 spiro atoms. The molecule has 0 fully saturated rings. The molecule has 0 saturated carbocycles. The van der Waals surface area contributed by atoms with Crippen LogP contribution in [-0.2, 0) is 6.42 Å². The summed E-state index contributed by atoms with van der Waals surface area (Å²) in [7, 11) is 0. The quantitative estimate of drug-likeness (QED) is 0.894. The lowest BCUT2D eigenvalue weighted by molar-refractivity contribution is 0.412. The smallest absolute Gasteiger partial charge is 0.248 e. The highest BCUT2D eigenvalue weighted by Gasteiger charge is 2.13. The molecule has 20 heavy (non-hydrogen) atoms. The Bertz CT molecular complexity index is 592. The van der Waals surface area contributed by atoms with E-state index in [1.165, 1.54) is 0 Å². The average Bonchev–Trinajstić information content (AvgIpc) is 2.75. The highest BCUT2D eigenvalue weighted by Crippen LogP contribution is 2.29. The molecule has 0 aliphatic heterocycles. The van der Waals surface area contributed by atoms with Gasteiger partial charge >= 0.3 is 0 Å². The molecular formula is C14H17BrClN3O. The summed E-state index contributed by atoms with van der Waals surface area (Å²) in [5, 5.41) is 12.2. The average molecular weight is 359 g/mol. The van der Waals surface area contributed by atoms with Crippen molar-refractivity contribution < 1.29 is 4.42 Å². The zero-order chi connectivity index (χ0) is 14.8. The van der Waals surface area contributed by atoms with Gasteiger partial charge < -0.3 is 9.73 Å². The van der Waals surface area contributed by atoms with Crippen LogP contribution in [0.3, 0.4) is 0 Å². The lowest BCUT2D eigenvalue weighted by Gasteiger charge is -2.19. The van der Waals surface area contributed by atoms with Crippen LogP contribution in [0.1, 0.15) is 26.7 Å². The Morgan fingerprint density at radius 1 is 1.30 bits per heavy atom. The molecule has 1 aromatic heterocycles. The van der Waals surface area contributed by atoms with Crippen LogP contribution in [0.2, 0.25) is 5.02 Å². The second-order valence-electron chi connectivity index (χ2n) is 5.55. The summed E-state index contributed by atoms with van der Waals surface area (Å²) >= 11 is 9.36. The predicted octanol–water partition coefficient (Wildman–Crippen LogP) is 4.08. The van der Waals surface area contributed by atoms with Crippen LogP contribution in [0.5, 0.6) is 0 Å². The Labute approximate surface area is 132 Å². The fourth-order valence-corrected chi connectivity index (χ4v) is 2.52. The highest BCUT2D eigenvalue weighted by atomic mass is 79.9. The van der Waals surface area contributed by atoms with Gasteiger partial charge in [0.25, 0.3) is 0 Å². The summed E-state index contributed by atoms with van der Waals surface area (Å²) in [6.07, 6.45) is 0.704. The first kappa shape index (κ1) is 15.5. The molecule has 0 amide bonds. The first-order valence-corrected chi connectivity index (χ1v) is 7.55. The standard InChI is InChI=1S/C14H17BrClN3O/c1-14(2,3)17-7-6-12-18-19-13(20-12)10-5-4-9(16)8-11(10)15/h4-5,8,17H,6-7H2,1-3H3. The van der Waals surface area contributed by atoms with E-state index in [9.17, 15) is 0 Å². The van der Waals surface area contributed by atoms with E-state index < -0.39 is 0 Å². The number of halogens is 2. The van der Waals surface area contributed by atoms with E-state index in [0.717, 1.165) is 16.6 Å². The molecule has 0 saturated heterocycles. The van der Waals surface area contributed by atoms with Crippen LogP contribution in [0, 0.1) is 0 Å². The molecule has 1 N–H and O–H groups in total. The molecule has 1 aromatic carbocycles. The van der Waals surface area contributed by atoms with Crippen molar-refractivity contribution in [2.45, 2.75) is 32.7 Å². The molecule has 0 radical (unpaired) electrons. The maximum Gasteiger partial charge on any atom is 0.248 e. The number of hydrogen-bond acceptors (Lipinski definition) is 4. The molecule has 0 aliphatic carbocycles. The monoisotopic (exact) mass is 357 g/mol. The Morgan fingerprint density at radius 2 is 2.05 bits per heavy atom. The molecule has 0 atom stereocenters. The van der Waals surface area contributed by atoms with Gasteiger partial charge in [-0.15, -0.1) is 10.2 Å². The van der Waals surface area contributed by atoms with Gasteiger partial charge in [0.2, 0.25) is 11.8 Å². The first-order valence-electron chi connectivity index (χ1n) is 6.38. The van der Waals surface area contributed by atoms with E-state index in [1.54, 1.807) is 6.07 Å². The van der Waals surface area contributed by atoms with Gasteiger partial charge in [-0.25, -0.2) is 0 Å². The van der Waals surface area contributed by atoms with Crippen molar-refractivity contribution in [3.8, 4) is 11.5 Å². The van der Waals surface area contributed by atoms with Gasteiger partial charge in [-0.05, 0) is 54.9 Å².